The van der Waals surface area contributed by atoms with Crippen LogP contribution in [-0.2, 0) is 4.74 Å². The summed E-state index contributed by atoms with van der Waals surface area (Å²) in [5.41, 5.74) is 0. The number of carbonyl (C=O) groups is 1. The lowest BCUT2D eigenvalue weighted by Gasteiger charge is -1.92. The number of amides is 1. The first-order chi connectivity index (χ1) is 4.16. The molecule has 0 unspecified atom stereocenters. The van der Waals surface area contributed by atoms with E-state index in [1.54, 1.807) is 6.92 Å². The van der Waals surface area contributed by atoms with E-state index in [0.717, 1.165) is 0 Å². The maximum Gasteiger partial charge on any atom is 0.434 e. The first-order valence-corrected chi connectivity index (χ1v) is 2.92. The summed E-state index contributed by atoms with van der Waals surface area (Å²) in [6.45, 7) is 3.54. The molecule has 0 heterocycles. The highest BCUT2D eigenvalue weighted by Gasteiger charge is 1.95. The summed E-state index contributed by atoms with van der Waals surface area (Å²) in [4.78, 5) is 13.6. The quantitative estimate of drug-likeness (QED) is 0.534. The Kier molecular flexibility index (Phi) is 4.05. The molecule has 0 aliphatic heterocycles. The molecule has 0 atom stereocenters. The second-order valence-electron chi connectivity index (χ2n) is 1.31. The van der Waals surface area contributed by atoms with Gasteiger partial charge in [-0.1, -0.05) is 11.6 Å². The van der Waals surface area contributed by atoms with Crippen LogP contribution in [0, 0.1) is 0 Å². The molecule has 3 nitrogen and oxygen atoms in total. The number of rotatable bonds is 1. The minimum absolute atomic E-state index is 0.188. The van der Waals surface area contributed by atoms with Gasteiger partial charge in [-0.3, -0.25) is 0 Å². The molecule has 0 saturated carbocycles. The minimum Gasteiger partial charge on any atom is -0.448 e. The number of ether oxygens (including phenoxy) is 1. The van der Waals surface area contributed by atoms with E-state index in [1.165, 1.54) is 6.92 Å². The fourth-order valence-electron chi connectivity index (χ4n) is 0.282. The fourth-order valence-corrected chi connectivity index (χ4v) is 0.351. The Morgan fingerprint density at radius 2 is 2.33 bits per heavy atom. The Morgan fingerprint density at radius 1 is 1.78 bits per heavy atom. The summed E-state index contributed by atoms with van der Waals surface area (Å²) in [6.07, 6.45) is -0.634. The van der Waals surface area contributed by atoms with E-state index < -0.39 is 6.09 Å². The molecule has 0 aliphatic rings. The molecule has 0 aliphatic carbocycles. The molecule has 0 saturated heterocycles. The average Bonchev–Trinajstić information content (AvgIpc) is 1.63. The molecule has 1 amide bonds. The van der Waals surface area contributed by atoms with Gasteiger partial charge in [-0.15, -0.1) is 0 Å². The third-order valence-corrected chi connectivity index (χ3v) is 0.598. The first-order valence-electron chi connectivity index (χ1n) is 2.54. The van der Waals surface area contributed by atoms with Crippen molar-refractivity contribution in [2.45, 2.75) is 13.8 Å². The molecule has 0 spiro atoms. The van der Waals surface area contributed by atoms with Gasteiger partial charge in [0.15, 0.2) is 0 Å². The van der Waals surface area contributed by atoms with Crippen molar-refractivity contribution < 1.29 is 9.53 Å². The molecular weight excluding hydrogens is 142 g/mol. The van der Waals surface area contributed by atoms with Crippen LogP contribution in [0.15, 0.2) is 4.99 Å². The topological polar surface area (TPSA) is 38.7 Å². The highest BCUT2D eigenvalue weighted by molar-refractivity contribution is 6.65. The Labute approximate surface area is 58.7 Å². The monoisotopic (exact) mass is 149 g/mol. The molecule has 0 aromatic heterocycles. The van der Waals surface area contributed by atoms with Gasteiger partial charge in [0, 0.05) is 0 Å². The molecule has 0 rings (SSSR count). The van der Waals surface area contributed by atoms with Crippen molar-refractivity contribution in [3.63, 3.8) is 0 Å². The van der Waals surface area contributed by atoms with Crippen LogP contribution in [0.2, 0.25) is 0 Å². The van der Waals surface area contributed by atoms with E-state index in [0.29, 0.717) is 6.61 Å². The van der Waals surface area contributed by atoms with Gasteiger partial charge in [-0.2, -0.15) is 4.99 Å². The zero-order chi connectivity index (χ0) is 7.28. The van der Waals surface area contributed by atoms with E-state index in [1.807, 2.05) is 0 Å². The van der Waals surface area contributed by atoms with Gasteiger partial charge in [0.2, 0.25) is 0 Å². The van der Waals surface area contributed by atoms with Gasteiger partial charge in [0.05, 0.1) is 6.61 Å². The molecule has 9 heavy (non-hydrogen) atoms. The summed E-state index contributed by atoms with van der Waals surface area (Å²) < 4.78 is 4.44. The van der Waals surface area contributed by atoms with Crippen LogP contribution in [0.5, 0.6) is 0 Å². The summed E-state index contributed by atoms with van der Waals surface area (Å²) in [7, 11) is 0. The van der Waals surface area contributed by atoms with Crippen LogP contribution >= 0.6 is 11.6 Å². The summed E-state index contributed by atoms with van der Waals surface area (Å²) in [6, 6.07) is 0. The first kappa shape index (κ1) is 8.43. The SMILES string of the molecule is CCOC(=O)N=C(C)Cl. The van der Waals surface area contributed by atoms with E-state index in [9.17, 15) is 4.79 Å². The zero-order valence-electron chi connectivity index (χ0n) is 5.35. The summed E-state index contributed by atoms with van der Waals surface area (Å²) in [5.74, 6) is 0. The van der Waals surface area contributed by atoms with E-state index in [4.69, 9.17) is 11.6 Å². The van der Waals surface area contributed by atoms with Crippen LogP contribution in [0.25, 0.3) is 0 Å². The Hall–Kier alpha value is -0.570. The number of hydrogen-bond acceptors (Lipinski definition) is 2. The van der Waals surface area contributed by atoms with Crippen molar-refractivity contribution in [2.75, 3.05) is 6.61 Å². The van der Waals surface area contributed by atoms with Gasteiger partial charge in [0.1, 0.15) is 5.17 Å². The molecule has 0 radical (unpaired) electrons. The van der Waals surface area contributed by atoms with Crippen LogP contribution < -0.4 is 0 Å². The van der Waals surface area contributed by atoms with Crippen molar-refractivity contribution in [3.8, 4) is 0 Å². The van der Waals surface area contributed by atoms with Crippen molar-refractivity contribution in [1.29, 1.82) is 0 Å². The second-order valence-corrected chi connectivity index (χ2v) is 1.85. The highest BCUT2D eigenvalue weighted by Crippen LogP contribution is 1.88. The van der Waals surface area contributed by atoms with E-state index in [-0.39, 0.29) is 5.17 Å². The predicted molar refractivity (Wildman–Crippen MR) is 36.0 cm³/mol. The van der Waals surface area contributed by atoms with Crippen LogP contribution in [0.4, 0.5) is 4.79 Å². The lowest BCUT2D eigenvalue weighted by molar-refractivity contribution is 0.163. The molecule has 0 bridgehead atoms. The lowest BCUT2D eigenvalue weighted by atomic mass is 10.8. The lowest BCUT2D eigenvalue weighted by Crippen LogP contribution is -1.98. The Balaban J connectivity index is 3.63. The van der Waals surface area contributed by atoms with Gasteiger partial charge in [-0.25, -0.2) is 4.79 Å². The van der Waals surface area contributed by atoms with Crippen LogP contribution in [-0.4, -0.2) is 17.9 Å². The molecule has 4 heteroatoms. The van der Waals surface area contributed by atoms with Crippen molar-refractivity contribution in [3.05, 3.63) is 0 Å². The van der Waals surface area contributed by atoms with Gasteiger partial charge < -0.3 is 4.74 Å². The molecule has 0 aromatic rings. The van der Waals surface area contributed by atoms with Crippen LogP contribution in [0.1, 0.15) is 13.8 Å². The third kappa shape index (κ3) is 5.30. The largest absolute Gasteiger partial charge is 0.448 e. The number of hydrogen-bond donors (Lipinski definition) is 0. The molecular formula is C5H8ClNO2. The fraction of sp³-hybridized carbons (Fsp3) is 0.600. The molecule has 0 aromatic carbocycles. The normalized spacial score (nSPS) is 11.2. The van der Waals surface area contributed by atoms with E-state index >= 15 is 0 Å². The average molecular weight is 150 g/mol. The molecule has 0 N–H and O–H groups in total. The van der Waals surface area contributed by atoms with Gasteiger partial charge in [-0.05, 0) is 13.8 Å². The smallest absolute Gasteiger partial charge is 0.434 e. The number of carbonyl (C=O) groups excluding carboxylic acids is 1. The zero-order valence-corrected chi connectivity index (χ0v) is 6.10. The van der Waals surface area contributed by atoms with Crippen molar-refractivity contribution >= 4 is 22.9 Å². The predicted octanol–water partition coefficient (Wildman–Crippen LogP) is 1.80. The summed E-state index contributed by atoms with van der Waals surface area (Å²) in [5, 5.41) is 0.188. The minimum atomic E-state index is -0.634. The number of aliphatic imine (C=N–C) groups is 1. The van der Waals surface area contributed by atoms with Crippen molar-refractivity contribution in [2.24, 2.45) is 4.99 Å². The number of halogens is 1. The van der Waals surface area contributed by atoms with Gasteiger partial charge in [0.25, 0.3) is 0 Å². The summed E-state index contributed by atoms with van der Waals surface area (Å²) >= 11 is 5.26. The molecule has 0 fully saturated rings. The maximum absolute atomic E-state index is 10.4. The molecule has 52 valence electrons. The van der Waals surface area contributed by atoms with Crippen molar-refractivity contribution in [1.82, 2.24) is 0 Å². The Bertz CT molecular complexity index is 129. The van der Waals surface area contributed by atoms with Crippen LogP contribution in [0.3, 0.4) is 0 Å². The number of nitrogens with zero attached hydrogens (tertiary/aromatic N) is 1. The second kappa shape index (κ2) is 4.32. The van der Waals surface area contributed by atoms with Gasteiger partial charge >= 0.3 is 6.09 Å². The van der Waals surface area contributed by atoms with E-state index in [2.05, 4.69) is 9.73 Å². The highest BCUT2D eigenvalue weighted by atomic mass is 35.5. The Morgan fingerprint density at radius 3 is 2.67 bits per heavy atom. The third-order valence-electron chi connectivity index (χ3n) is 0.513. The maximum atomic E-state index is 10.4. The standard InChI is InChI=1S/C5H8ClNO2/c1-3-9-5(8)7-4(2)6/h3H2,1-2H3.